The molecule has 0 spiro atoms. The minimum absolute atomic E-state index is 0.319. The van der Waals surface area contributed by atoms with Gasteiger partial charge in [0.2, 0.25) is 0 Å². The topological polar surface area (TPSA) is 63.6 Å². The zero-order valence-corrected chi connectivity index (χ0v) is 13.5. The molecule has 5 nitrogen and oxygen atoms in total. The van der Waals surface area contributed by atoms with Crippen LogP contribution in [0.15, 0.2) is 84.1 Å². The van der Waals surface area contributed by atoms with Crippen LogP contribution in [0.3, 0.4) is 0 Å². The van der Waals surface area contributed by atoms with Gasteiger partial charge in [-0.15, -0.1) is 0 Å². The smallest absolute Gasteiger partial charge is 0.289 e. The number of hydrazone groups is 1. The van der Waals surface area contributed by atoms with Crippen LogP contribution in [-0.4, -0.2) is 17.1 Å². The maximum absolute atomic E-state index is 11.8. The quantitative estimate of drug-likeness (QED) is 0.556. The maximum atomic E-state index is 11.8. The average molecular weight is 331 g/mol. The molecule has 5 heteroatoms. The Morgan fingerprint density at radius 1 is 1.04 bits per heavy atom. The lowest BCUT2D eigenvalue weighted by Gasteiger charge is -2.06. The Morgan fingerprint density at radius 3 is 2.68 bits per heavy atom. The molecule has 0 saturated heterocycles. The van der Waals surface area contributed by atoms with Crippen LogP contribution in [0.1, 0.15) is 21.6 Å². The van der Waals surface area contributed by atoms with Gasteiger partial charge in [-0.25, -0.2) is 5.43 Å². The Bertz CT molecular complexity index is 849. The molecule has 0 aliphatic carbocycles. The van der Waals surface area contributed by atoms with E-state index in [0.717, 1.165) is 16.9 Å². The predicted octanol–water partition coefficient (Wildman–Crippen LogP) is 3.42. The Hall–Kier alpha value is -3.47. The molecule has 0 fully saturated rings. The first-order valence-corrected chi connectivity index (χ1v) is 7.82. The summed E-state index contributed by atoms with van der Waals surface area (Å²) in [6.07, 6.45) is 3.13. The van der Waals surface area contributed by atoms with Gasteiger partial charge >= 0.3 is 0 Å². The highest BCUT2D eigenvalue weighted by Crippen LogP contribution is 2.14. The third-order valence-corrected chi connectivity index (χ3v) is 3.38. The van der Waals surface area contributed by atoms with Gasteiger partial charge in [-0.3, -0.25) is 9.78 Å². The summed E-state index contributed by atoms with van der Waals surface area (Å²) in [6, 6.07) is 22.6. The van der Waals surface area contributed by atoms with Crippen molar-refractivity contribution in [2.75, 3.05) is 0 Å². The number of nitrogens with zero attached hydrogens (tertiary/aromatic N) is 2. The maximum Gasteiger partial charge on any atom is 0.289 e. The summed E-state index contributed by atoms with van der Waals surface area (Å²) in [5.74, 6) is 0.386. The van der Waals surface area contributed by atoms with Crippen LogP contribution >= 0.6 is 0 Å². The first-order chi connectivity index (χ1) is 12.3. The fraction of sp³-hybridized carbons (Fsp3) is 0.0500. The summed E-state index contributed by atoms with van der Waals surface area (Å²) in [5.41, 5.74) is 4.70. The number of hydrogen-bond acceptors (Lipinski definition) is 4. The van der Waals surface area contributed by atoms with E-state index < -0.39 is 0 Å². The van der Waals surface area contributed by atoms with Gasteiger partial charge in [0.05, 0.1) is 6.21 Å². The van der Waals surface area contributed by atoms with Crippen molar-refractivity contribution in [2.45, 2.75) is 6.61 Å². The van der Waals surface area contributed by atoms with E-state index in [4.69, 9.17) is 4.74 Å². The molecule has 0 bridgehead atoms. The van der Waals surface area contributed by atoms with Crippen LogP contribution in [0.25, 0.3) is 0 Å². The summed E-state index contributed by atoms with van der Waals surface area (Å²) < 4.78 is 5.77. The largest absolute Gasteiger partial charge is 0.489 e. The molecular formula is C20H17N3O2. The summed E-state index contributed by atoms with van der Waals surface area (Å²) in [7, 11) is 0. The van der Waals surface area contributed by atoms with E-state index in [2.05, 4.69) is 15.5 Å². The lowest BCUT2D eigenvalue weighted by atomic mass is 10.2. The van der Waals surface area contributed by atoms with Gasteiger partial charge in [0, 0.05) is 6.20 Å². The molecule has 0 aliphatic rings. The normalized spacial score (nSPS) is 10.6. The number of carbonyl (C=O) groups is 1. The van der Waals surface area contributed by atoms with Crippen LogP contribution in [0, 0.1) is 0 Å². The number of ether oxygens (including phenoxy) is 1. The molecule has 25 heavy (non-hydrogen) atoms. The van der Waals surface area contributed by atoms with Crippen LogP contribution in [0.2, 0.25) is 0 Å². The Labute approximate surface area is 146 Å². The van der Waals surface area contributed by atoms with Crippen molar-refractivity contribution < 1.29 is 9.53 Å². The van der Waals surface area contributed by atoms with Crippen molar-refractivity contribution in [3.63, 3.8) is 0 Å². The monoisotopic (exact) mass is 331 g/mol. The SMILES string of the molecule is O=C(N/N=C/c1cccc(OCc2ccccc2)c1)c1ccccn1. The van der Waals surface area contributed by atoms with E-state index in [1.807, 2.05) is 54.6 Å². The van der Waals surface area contributed by atoms with Crippen LogP contribution in [0.5, 0.6) is 5.75 Å². The molecule has 3 rings (SSSR count). The molecule has 0 aliphatic heterocycles. The molecule has 0 saturated carbocycles. The zero-order chi connectivity index (χ0) is 17.3. The van der Waals surface area contributed by atoms with Crippen LogP contribution in [0.4, 0.5) is 0 Å². The summed E-state index contributed by atoms with van der Waals surface area (Å²) in [5, 5.41) is 3.96. The molecule has 1 amide bonds. The molecule has 1 aromatic heterocycles. The minimum Gasteiger partial charge on any atom is -0.489 e. The van der Waals surface area contributed by atoms with E-state index in [1.54, 1.807) is 30.6 Å². The van der Waals surface area contributed by atoms with E-state index >= 15 is 0 Å². The molecule has 1 N–H and O–H groups in total. The summed E-state index contributed by atoms with van der Waals surface area (Å²) >= 11 is 0. The average Bonchev–Trinajstić information content (AvgIpc) is 2.68. The first-order valence-electron chi connectivity index (χ1n) is 7.82. The van der Waals surface area contributed by atoms with Crippen molar-refractivity contribution in [3.05, 3.63) is 95.8 Å². The highest BCUT2D eigenvalue weighted by atomic mass is 16.5. The number of amides is 1. The van der Waals surface area contributed by atoms with Crippen molar-refractivity contribution in [3.8, 4) is 5.75 Å². The lowest BCUT2D eigenvalue weighted by Crippen LogP contribution is -2.18. The molecular weight excluding hydrogens is 314 g/mol. The van der Waals surface area contributed by atoms with Crippen molar-refractivity contribution in [1.82, 2.24) is 10.4 Å². The van der Waals surface area contributed by atoms with E-state index in [9.17, 15) is 4.79 Å². The Balaban J connectivity index is 1.57. The number of pyridine rings is 1. The fourth-order valence-corrected chi connectivity index (χ4v) is 2.15. The lowest BCUT2D eigenvalue weighted by molar-refractivity contribution is 0.0950. The Kier molecular flexibility index (Phi) is 5.51. The standard InChI is InChI=1S/C20H17N3O2/c24-20(19-11-4-5-12-21-19)23-22-14-17-9-6-10-18(13-17)25-15-16-7-2-1-3-8-16/h1-14H,15H2,(H,23,24)/b22-14+. The molecule has 1 heterocycles. The summed E-state index contributed by atoms with van der Waals surface area (Å²) in [4.78, 5) is 15.8. The first kappa shape index (κ1) is 16.4. The zero-order valence-electron chi connectivity index (χ0n) is 13.5. The number of carbonyl (C=O) groups excluding carboxylic acids is 1. The van der Waals surface area contributed by atoms with Gasteiger partial charge < -0.3 is 4.74 Å². The predicted molar refractivity (Wildman–Crippen MR) is 96.5 cm³/mol. The third-order valence-electron chi connectivity index (χ3n) is 3.38. The van der Waals surface area contributed by atoms with Crippen molar-refractivity contribution in [1.29, 1.82) is 0 Å². The second kappa shape index (κ2) is 8.40. The van der Waals surface area contributed by atoms with E-state index in [0.29, 0.717) is 12.3 Å². The van der Waals surface area contributed by atoms with Gasteiger partial charge in [0.25, 0.3) is 5.91 Å². The second-order valence-corrected chi connectivity index (χ2v) is 5.26. The van der Waals surface area contributed by atoms with Gasteiger partial charge in [0.1, 0.15) is 18.1 Å². The number of rotatable bonds is 6. The van der Waals surface area contributed by atoms with E-state index in [-0.39, 0.29) is 5.91 Å². The highest BCUT2D eigenvalue weighted by Gasteiger charge is 2.03. The number of hydrogen-bond donors (Lipinski definition) is 1. The fourth-order valence-electron chi connectivity index (χ4n) is 2.15. The number of aromatic nitrogens is 1. The second-order valence-electron chi connectivity index (χ2n) is 5.26. The van der Waals surface area contributed by atoms with Crippen LogP contribution < -0.4 is 10.2 Å². The van der Waals surface area contributed by atoms with Gasteiger partial charge in [-0.2, -0.15) is 5.10 Å². The molecule has 3 aromatic rings. The molecule has 124 valence electrons. The van der Waals surface area contributed by atoms with Crippen LogP contribution in [-0.2, 0) is 6.61 Å². The van der Waals surface area contributed by atoms with Gasteiger partial charge in [0.15, 0.2) is 0 Å². The minimum atomic E-state index is -0.353. The van der Waals surface area contributed by atoms with Crippen molar-refractivity contribution in [2.24, 2.45) is 5.10 Å². The molecule has 2 aromatic carbocycles. The Morgan fingerprint density at radius 2 is 1.88 bits per heavy atom. The van der Waals surface area contributed by atoms with E-state index in [1.165, 1.54) is 0 Å². The highest BCUT2D eigenvalue weighted by molar-refractivity contribution is 5.93. The molecule has 0 atom stereocenters. The summed E-state index contributed by atoms with van der Waals surface area (Å²) in [6.45, 7) is 0.498. The number of benzene rings is 2. The molecule has 0 radical (unpaired) electrons. The van der Waals surface area contributed by atoms with Gasteiger partial charge in [-0.05, 0) is 35.4 Å². The molecule has 0 unspecified atom stereocenters. The van der Waals surface area contributed by atoms with Gasteiger partial charge in [-0.1, -0.05) is 48.5 Å². The van der Waals surface area contributed by atoms with Crippen molar-refractivity contribution >= 4 is 12.1 Å². The number of nitrogens with one attached hydrogen (secondary N) is 1. The third kappa shape index (κ3) is 5.00.